The lowest BCUT2D eigenvalue weighted by Crippen LogP contribution is -1.80. The van der Waals surface area contributed by atoms with E-state index in [1.165, 1.54) is 0 Å². The minimum absolute atomic E-state index is 0. The summed E-state index contributed by atoms with van der Waals surface area (Å²) in [5.74, 6) is 0.255. The van der Waals surface area contributed by atoms with E-state index >= 15 is 0 Å². The van der Waals surface area contributed by atoms with Gasteiger partial charge in [-0.3, -0.25) is 0 Å². The third kappa shape index (κ3) is 93.8. The van der Waals surface area contributed by atoms with E-state index in [4.69, 9.17) is 5.11 Å². The molecule has 0 bridgehead atoms. The number of ketones is 1. The molecule has 0 atom stereocenters. The van der Waals surface area contributed by atoms with Crippen molar-refractivity contribution in [1.82, 2.24) is 0 Å². The van der Waals surface area contributed by atoms with Crippen LogP contribution >= 0.6 is 0 Å². The van der Waals surface area contributed by atoms with Crippen LogP contribution in [-0.2, 0) is 4.79 Å². The number of rotatable bonds is 1. The number of hydrogen-bond acceptors (Lipinski definition) is 2. The molecular weight excluding hydrogens is 120 g/mol. The molecule has 0 saturated heterocycles. The third-order valence-corrected chi connectivity index (χ3v) is 0.498. The first kappa shape index (κ1) is 15.8. The number of hydrogen-bond donors (Lipinski definition) is 1. The van der Waals surface area contributed by atoms with E-state index in [1.807, 2.05) is 6.92 Å². The molecule has 0 spiro atoms. The Balaban J connectivity index is -0.0000000800. The lowest BCUT2D eigenvalue weighted by molar-refractivity contribution is -0.116. The fourth-order valence-electron chi connectivity index (χ4n) is 0. The lowest BCUT2D eigenvalue weighted by Gasteiger charge is -1.71. The van der Waals surface area contributed by atoms with Gasteiger partial charge in [0.2, 0.25) is 0 Å². The van der Waals surface area contributed by atoms with E-state index in [-0.39, 0.29) is 17.9 Å². The lowest BCUT2D eigenvalue weighted by atomic mass is 10.4. The van der Waals surface area contributed by atoms with Gasteiger partial charge in [0.1, 0.15) is 5.78 Å². The van der Waals surface area contributed by atoms with Gasteiger partial charge in [0.25, 0.3) is 0 Å². The summed E-state index contributed by atoms with van der Waals surface area (Å²) in [5, 5.41) is 7.57. The molecule has 0 aromatic rings. The number of aliphatic hydroxyl groups is 1. The van der Waals surface area contributed by atoms with Crippen LogP contribution in [0.25, 0.3) is 0 Å². The van der Waals surface area contributed by atoms with Crippen molar-refractivity contribution in [3.8, 4) is 0 Å². The predicted molar refractivity (Wildman–Crippen MR) is 37.3 cm³/mol. The topological polar surface area (TPSA) is 68.8 Å². The van der Waals surface area contributed by atoms with E-state index in [0.717, 1.165) is 0 Å². The maximum absolute atomic E-state index is 9.81. The highest BCUT2D eigenvalue weighted by Gasteiger charge is 1.76. The Labute approximate surface area is 56.0 Å². The van der Waals surface area contributed by atoms with Gasteiger partial charge in [-0.15, -0.1) is 0 Å². The molecule has 58 valence electrons. The highest BCUT2D eigenvalue weighted by Crippen LogP contribution is 1.71. The summed E-state index contributed by atoms with van der Waals surface area (Å²) in [6.45, 7) is 5.36. The molecule has 3 heteroatoms. The predicted octanol–water partition coefficient (Wildman–Crippen LogP) is 0.159. The summed E-state index contributed by atoms with van der Waals surface area (Å²) in [6.07, 6.45) is 0.667. The maximum Gasteiger partial charge on any atom is 0.129 e. The van der Waals surface area contributed by atoms with Crippen molar-refractivity contribution in [3.63, 3.8) is 0 Å². The molecule has 3 nitrogen and oxygen atoms in total. The zero-order valence-electron chi connectivity index (χ0n) is 6.27. The average molecular weight is 136 g/mol. The van der Waals surface area contributed by atoms with Crippen molar-refractivity contribution in [2.24, 2.45) is 0 Å². The quantitative estimate of drug-likeness (QED) is 0.557. The van der Waals surface area contributed by atoms with Crippen LogP contribution in [0.5, 0.6) is 0 Å². The number of carbonyl (C=O) groups excluding carboxylic acids is 1. The van der Waals surface area contributed by atoms with Crippen LogP contribution in [0.4, 0.5) is 0 Å². The molecule has 0 aliphatic rings. The highest BCUT2D eigenvalue weighted by atomic mass is 16.2. The zero-order chi connectivity index (χ0) is 6.99. The molecular formula is C6H16O3. The number of carbonyl (C=O) groups is 1. The van der Waals surface area contributed by atoms with Gasteiger partial charge >= 0.3 is 0 Å². The first-order valence-corrected chi connectivity index (χ1v) is 2.79. The van der Waals surface area contributed by atoms with Crippen LogP contribution in [0.3, 0.4) is 0 Å². The average Bonchev–Trinajstić information content (AvgIpc) is 1.69. The Hall–Kier alpha value is -0.410. The Bertz CT molecular complexity index is 52.3. The van der Waals surface area contributed by atoms with Gasteiger partial charge in [-0.05, 0) is 13.8 Å². The molecule has 0 aliphatic heterocycles. The molecule has 0 unspecified atom stereocenters. The first-order valence-electron chi connectivity index (χ1n) is 2.79. The van der Waals surface area contributed by atoms with Crippen molar-refractivity contribution in [3.05, 3.63) is 0 Å². The summed E-state index contributed by atoms with van der Waals surface area (Å²) >= 11 is 0. The molecule has 0 amide bonds. The molecule has 3 N–H and O–H groups in total. The number of aliphatic hydroxyl groups excluding tert-OH is 1. The summed E-state index contributed by atoms with van der Waals surface area (Å²) in [7, 11) is 0. The summed E-state index contributed by atoms with van der Waals surface area (Å²) < 4.78 is 0. The molecule has 0 saturated carbocycles. The second-order valence-electron chi connectivity index (χ2n) is 1.37. The smallest absolute Gasteiger partial charge is 0.129 e. The van der Waals surface area contributed by atoms with E-state index in [2.05, 4.69) is 0 Å². The minimum atomic E-state index is 0. The van der Waals surface area contributed by atoms with Gasteiger partial charge in [-0.1, -0.05) is 6.92 Å². The molecule has 0 aliphatic carbocycles. The summed E-state index contributed by atoms with van der Waals surface area (Å²) in [6, 6.07) is 0. The second kappa shape index (κ2) is 15.6. The van der Waals surface area contributed by atoms with Crippen LogP contribution in [0.2, 0.25) is 0 Å². The van der Waals surface area contributed by atoms with Gasteiger partial charge in [0.05, 0.1) is 0 Å². The number of Topliss-reactive ketones (excluding diaryl/α,β-unsaturated/α-hetero) is 1. The van der Waals surface area contributed by atoms with Crippen molar-refractivity contribution < 1.29 is 15.4 Å². The van der Waals surface area contributed by atoms with Gasteiger partial charge in [0, 0.05) is 13.0 Å². The van der Waals surface area contributed by atoms with Crippen molar-refractivity contribution in [2.75, 3.05) is 6.61 Å². The molecule has 0 aromatic carbocycles. The first-order chi connectivity index (χ1) is 3.68. The highest BCUT2D eigenvalue weighted by molar-refractivity contribution is 5.74. The minimum Gasteiger partial charge on any atom is -0.412 e. The molecule has 9 heavy (non-hydrogen) atoms. The summed E-state index contributed by atoms with van der Waals surface area (Å²) in [4.78, 5) is 9.81. The van der Waals surface area contributed by atoms with E-state index in [0.29, 0.717) is 6.42 Å². The van der Waals surface area contributed by atoms with E-state index in [9.17, 15) is 4.79 Å². The fraction of sp³-hybridized carbons (Fsp3) is 0.833. The largest absolute Gasteiger partial charge is 0.412 e. The zero-order valence-corrected chi connectivity index (χ0v) is 6.27. The fourth-order valence-corrected chi connectivity index (χ4v) is 0. The summed E-state index contributed by atoms with van der Waals surface area (Å²) in [5.41, 5.74) is 0. The van der Waals surface area contributed by atoms with Crippen molar-refractivity contribution in [1.29, 1.82) is 0 Å². The van der Waals surface area contributed by atoms with Gasteiger partial charge in [-0.2, -0.15) is 0 Å². The van der Waals surface area contributed by atoms with E-state index in [1.54, 1.807) is 13.8 Å². The third-order valence-electron chi connectivity index (χ3n) is 0.498. The standard InChI is InChI=1S/C4H8O.C2H6O.H2O/c1-3-4(2)5;1-2-3;/h3H2,1-2H3;3H,2H2,1H3;1H2. The molecule has 0 aromatic heterocycles. The Morgan fingerprint density at radius 1 is 1.44 bits per heavy atom. The van der Waals surface area contributed by atoms with Crippen LogP contribution in [0.15, 0.2) is 0 Å². The van der Waals surface area contributed by atoms with Gasteiger partial charge in [0.15, 0.2) is 0 Å². The monoisotopic (exact) mass is 136 g/mol. The SMILES string of the molecule is CCC(C)=O.CCO.O. The van der Waals surface area contributed by atoms with Crippen molar-refractivity contribution >= 4 is 5.78 Å². The molecule has 0 radical (unpaired) electrons. The molecule has 0 rings (SSSR count). The van der Waals surface area contributed by atoms with Crippen LogP contribution < -0.4 is 0 Å². The van der Waals surface area contributed by atoms with Crippen molar-refractivity contribution in [2.45, 2.75) is 27.2 Å². The van der Waals surface area contributed by atoms with E-state index < -0.39 is 0 Å². The molecule has 0 heterocycles. The second-order valence-corrected chi connectivity index (χ2v) is 1.37. The maximum atomic E-state index is 9.81. The Kier molecular flexibility index (Phi) is 27.5. The molecule has 0 fully saturated rings. The van der Waals surface area contributed by atoms with Crippen LogP contribution in [0.1, 0.15) is 27.2 Å². The Morgan fingerprint density at radius 2 is 1.56 bits per heavy atom. The normalized spacial score (nSPS) is 6.22. The van der Waals surface area contributed by atoms with Gasteiger partial charge < -0.3 is 15.4 Å². The van der Waals surface area contributed by atoms with Gasteiger partial charge in [-0.25, -0.2) is 0 Å². The Morgan fingerprint density at radius 3 is 1.56 bits per heavy atom. The van der Waals surface area contributed by atoms with Crippen LogP contribution in [-0.4, -0.2) is 23.0 Å². The van der Waals surface area contributed by atoms with Crippen LogP contribution in [0, 0.1) is 0 Å².